The maximum absolute atomic E-state index is 12.9. The van der Waals surface area contributed by atoms with Gasteiger partial charge in [-0.15, -0.1) is 0 Å². The number of carbonyl (C=O) groups is 1. The van der Waals surface area contributed by atoms with Gasteiger partial charge in [-0.1, -0.05) is 59.8 Å². The smallest absolute Gasteiger partial charge is 0.262 e. The predicted octanol–water partition coefficient (Wildman–Crippen LogP) is 4.14. The van der Waals surface area contributed by atoms with Crippen molar-refractivity contribution in [1.29, 1.82) is 0 Å². The lowest BCUT2D eigenvalue weighted by molar-refractivity contribution is -0.133. The van der Waals surface area contributed by atoms with Gasteiger partial charge in [-0.25, -0.2) is 0 Å². The Balaban J connectivity index is 1.21. The molecular weight excluding hydrogens is 444 g/mol. The van der Waals surface area contributed by atoms with E-state index < -0.39 is 0 Å². The third-order valence-electron chi connectivity index (χ3n) is 5.98. The van der Waals surface area contributed by atoms with Crippen LogP contribution in [0.3, 0.4) is 0 Å². The summed E-state index contributed by atoms with van der Waals surface area (Å²) in [5, 5.41) is 4.09. The molecule has 0 saturated carbocycles. The number of aromatic nitrogens is 2. The van der Waals surface area contributed by atoms with E-state index in [1.165, 1.54) is 0 Å². The van der Waals surface area contributed by atoms with Crippen molar-refractivity contribution in [3.63, 3.8) is 0 Å². The predicted molar refractivity (Wildman–Crippen MR) is 132 cm³/mol. The van der Waals surface area contributed by atoms with Gasteiger partial charge in [0.15, 0.2) is 6.61 Å². The molecule has 0 aliphatic carbocycles. The summed E-state index contributed by atoms with van der Waals surface area (Å²) in [5.74, 6) is 2.15. The highest BCUT2D eigenvalue weighted by Crippen LogP contribution is 2.31. The van der Waals surface area contributed by atoms with Crippen molar-refractivity contribution in [2.24, 2.45) is 0 Å². The molecule has 0 radical (unpaired) electrons. The Kier molecular flexibility index (Phi) is 6.61. The second-order valence-corrected chi connectivity index (χ2v) is 8.11. The number of carbonyl (C=O) groups excluding carboxylic acids is 1. The van der Waals surface area contributed by atoms with Gasteiger partial charge in [-0.3, -0.25) is 4.79 Å². The molecule has 35 heavy (non-hydrogen) atoms. The Morgan fingerprint density at radius 1 is 0.886 bits per heavy atom. The summed E-state index contributed by atoms with van der Waals surface area (Å²) in [6.07, 6.45) is 0. The molecule has 5 rings (SSSR count). The minimum absolute atomic E-state index is 0.0602. The summed E-state index contributed by atoms with van der Waals surface area (Å²) in [4.78, 5) is 21.5. The van der Waals surface area contributed by atoms with Crippen molar-refractivity contribution in [3.8, 4) is 34.3 Å². The van der Waals surface area contributed by atoms with Crippen LogP contribution in [0.5, 0.6) is 11.5 Å². The summed E-state index contributed by atoms with van der Waals surface area (Å²) in [6, 6.07) is 24.9. The van der Waals surface area contributed by atoms with Gasteiger partial charge >= 0.3 is 0 Å². The highest BCUT2D eigenvalue weighted by atomic mass is 16.5. The zero-order valence-corrected chi connectivity index (χ0v) is 19.5. The number of anilines is 1. The fraction of sp³-hybridized carbons (Fsp3) is 0.222. The van der Waals surface area contributed by atoms with Crippen molar-refractivity contribution in [3.05, 3.63) is 78.9 Å². The molecule has 1 aromatic heterocycles. The summed E-state index contributed by atoms with van der Waals surface area (Å²) in [7, 11) is 1.67. The van der Waals surface area contributed by atoms with Gasteiger partial charge in [-0.2, -0.15) is 4.98 Å². The molecule has 178 valence electrons. The van der Waals surface area contributed by atoms with E-state index in [0.717, 1.165) is 30.1 Å². The number of methoxy groups -OCH3 is 1. The van der Waals surface area contributed by atoms with Crippen molar-refractivity contribution >= 4 is 11.6 Å². The van der Waals surface area contributed by atoms with E-state index in [4.69, 9.17) is 14.0 Å². The van der Waals surface area contributed by atoms with Gasteiger partial charge < -0.3 is 23.8 Å². The number of hydrogen-bond acceptors (Lipinski definition) is 7. The molecular formula is C27H26N4O4. The molecule has 1 saturated heterocycles. The van der Waals surface area contributed by atoms with Crippen LogP contribution in [0.2, 0.25) is 0 Å². The summed E-state index contributed by atoms with van der Waals surface area (Å²) in [5.41, 5.74) is 2.56. The van der Waals surface area contributed by atoms with Gasteiger partial charge in [0.25, 0.3) is 11.8 Å². The standard InChI is InChI=1S/C27H26N4O4/c1-33-24-14-8-6-12-22(24)30-15-17-31(18-16-30)25(32)19-34-23-13-7-5-11-21(23)27-28-26(29-35-27)20-9-3-2-4-10-20/h2-14H,15-19H2,1H3. The van der Waals surface area contributed by atoms with Gasteiger partial charge in [0.05, 0.1) is 18.4 Å². The zero-order chi connectivity index (χ0) is 24.0. The largest absolute Gasteiger partial charge is 0.495 e. The third kappa shape index (κ3) is 4.96. The maximum Gasteiger partial charge on any atom is 0.262 e. The maximum atomic E-state index is 12.9. The van der Waals surface area contributed by atoms with Crippen LogP contribution in [0, 0.1) is 0 Å². The van der Waals surface area contributed by atoms with Crippen LogP contribution in [0.1, 0.15) is 0 Å². The first kappa shape index (κ1) is 22.5. The molecule has 4 aromatic rings. The lowest BCUT2D eigenvalue weighted by Gasteiger charge is -2.36. The van der Waals surface area contributed by atoms with Crippen molar-refractivity contribution in [2.75, 3.05) is 44.8 Å². The molecule has 0 N–H and O–H groups in total. The van der Waals surface area contributed by atoms with Gasteiger partial charge in [0.2, 0.25) is 5.82 Å². The van der Waals surface area contributed by atoms with Crippen LogP contribution in [-0.2, 0) is 4.79 Å². The molecule has 1 fully saturated rings. The Morgan fingerprint density at radius 2 is 1.57 bits per heavy atom. The van der Waals surface area contributed by atoms with Crippen molar-refractivity contribution in [1.82, 2.24) is 15.0 Å². The number of para-hydroxylation sites is 3. The number of benzene rings is 3. The number of amides is 1. The molecule has 1 amide bonds. The highest BCUT2D eigenvalue weighted by Gasteiger charge is 2.24. The summed E-state index contributed by atoms with van der Waals surface area (Å²) < 4.78 is 16.9. The average molecular weight is 471 g/mol. The first-order chi connectivity index (χ1) is 17.2. The van der Waals surface area contributed by atoms with Crippen molar-refractivity contribution in [2.45, 2.75) is 0 Å². The van der Waals surface area contributed by atoms with Crippen LogP contribution in [-0.4, -0.2) is 60.8 Å². The van der Waals surface area contributed by atoms with E-state index in [2.05, 4.69) is 15.0 Å². The van der Waals surface area contributed by atoms with E-state index >= 15 is 0 Å². The molecule has 0 atom stereocenters. The molecule has 0 spiro atoms. The molecule has 8 heteroatoms. The van der Waals surface area contributed by atoms with Gasteiger partial charge in [0.1, 0.15) is 11.5 Å². The van der Waals surface area contributed by atoms with Crippen LogP contribution in [0.4, 0.5) is 5.69 Å². The Labute approximate surface area is 203 Å². The second-order valence-electron chi connectivity index (χ2n) is 8.11. The molecule has 3 aromatic carbocycles. The monoisotopic (exact) mass is 470 g/mol. The molecule has 0 unspecified atom stereocenters. The molecule has 8 nitrogen and oxygen atoms in total. The minimum Gasteiger partial charge on any atom is -0.495 e. The topological polar surface area (TPSA) is 80.9 Å². The lowest BCUT2D eigenvalue weighted by Crippen LogP contribution is -2.50. The highest BCUT2D eigenvalue weighted by molar-refractivity contribution is 5.78. The Morgan fingerprint density at radius 3 is 2.34 bits per heavy atom. The lowest BCUT2D eigenvalue weighted by atomic mass is 10.2. The van der Waals surface area contributed by atoms with E-state index in [1.807, 2.05) is 77.7 Å². The first-order valence-electron chi connectivity index (χ1n) is 11.5. The van der Waals surface area contributed by atoms with Gasteiger partial charge in [0, 0.05) is 31.7 Å². The first-order valence-corrected chi connectivity index (χ1v) is 11.5. The van der Waals surface area contributed by atoms with Crippen LogP contribution in [0.15, 0.2) is 83.4 Å². The number of rotatable bonds is 7. The molecule has 2 heterocycles. The third-order valence-corrected chi connectivity index (χ3v) is 5.98. The van der Waals surface area contributed by atoms with E-state index in [1.54, 1.807) is 13.2 Å². The molecule has 1 aliphatic rings. The SMILES string of the molecule is COc1ccccc1N1CCN(C(=O)COc2ccccc2-c2nc(-c3ccccc3)no2)CC1. The summed E-state index contributed by atoms with van der Waals surface area (Å²) >= 11 is 0. The van der Waals surface area contributed by atoms with Crippen molar-refractivity contribution < 1.29 is 18.8 Å². The van der Waals surface area contributed by atoms with Crippen LogP contribution in [0.25, 0.3) is 22.8 Å². The zero-order valence-electron chi connectivity index (χ0n) is 19.5. The Hall–Kier alpha value is -4.33. The second kappa shape index (κ2) is 10.3. The normalized spacial score (nSPS) is 13.5. The van der Waals surface area contributed by atoms with Gasteiger partial charge in [-0.05, 0) is 24.3 Å². The fourth-order valence-electron chi connectivity index (χ4n) is 4.13. The number of nitrogens with zero attached hydrogens (tertiary/aromatic N) is 4. The van der Waals surface area contributed by atoms with Crippen LogP contribution < -0.4 is 14.4 Å². The summed E-state index contributed by atoms with van der Waals surface area (Å²) in [6.45, 7) is 2.63. The average Bonchev–Trinajstić information content (AvgIpc) is 3.43. The fourth-order valence-corrected chi connectivity index (χ4v) is 4.13. The Bertz CT molecular complexity index is 1280. The molecule has 1 aliphatic heterocycles. The number of piperazine rings is 1. The number of ether oxygens (including phenoxy) is 2. The van der Waals surface area contributed by atoms with E-state index in [-0.39, 0.29) is 12.5 Å². The number of hydrogen-bond donors (Lipinski definition) is 0. The van der Waals surface area contributed by atoms with E-state index in [9.17, 15) is 4.79 Å². The minimum atomic E-state index is -0.0641. The van der Waals surface area contributed by atoms with E-state index in [0.29, 0.717) is 36.1 Å². The quantitative estimate of drug-likeness (QED) is 0.402. The molecule has 0 bridgehead atoms. The van der Waals surface area contributed by atoms with Crippen LogP contribution >= 0.6 is 0 Å².